The van der Waals surface area contributed by atoms with Crippen molar-refractivity contribution >= 4 is 11.3 Å². The molecule has 0 saturated carbocycles. The zero-order chi connectivity index (χ0) is 15.0. The maximum Gasteiger partial charge on any atom is 0.0541 e. The van der Waals surface area contributed by atoms with Crippen molar-refractivity contribution in [1.29, 1.82) is 0 Å². The summed E-state index contributed by atoms with van der Waals surface area (Å²) in [6.45, 7) is 9.09. The molecule has 2 aromatic rings. The van der Waals surface area contributed by atoms with Gasteiger partial charge >= 0.3 is 0 Å². The molecule has 0 saturated heterocycles. The molecule has 1 nitrogen and oxygen atoms in total. The second-order valence-corrected chi connectivity index (χ2v) is 6.45. The lowest BCUT2D eigenvalue weighted by molar-refractivity contribution is 0.569. The first-order valence-electron chi connectivity index (χ1n) is 7.64. The van der Waals surface area contributed by atoms with Crippen LogP contribution in [0.5, 0.6) is 0 Å². The van der Waals surface area contributed by atoms with E-state index in [0.29, 0.717) is 6.04 Å². The third-order valence-electron chi connectivity index (χ3n) is 4.45. The average Bonchev–Trinajstić information content (AvgIpc) is 2.71. The van der Waals surface area contributed by atoms with E-state index in [-0.39, 0.29) is 5.54 Å². The van der Waals surface area contributed by atoms with Gasteiger partial charge in [-0.2, -0.15) is 0 Å². The molecule has 108 valence electrons. The van der Waals surface area contributed by atoms with Crippen molar-refractivity contribution in [3.05, 3.63) is 71.8 Å². The Morgan fingerprint density at radius 1 is 0.905 bits per heavy atom. The van der Waals surface area contributed by atoms with Gasteiger partial charge in [-0.05, 0) is 50.5 Å². The fourth-order valence-corrected chi connectivity index (χ4v) is 3.52. The lowest BCUT2D eigenvalue weighted by atomic mass is 10.00. The van der Waals surface area contributed by atoms with Gasteiger partial charge in [0, 0.05) is 5.69 Å². The van der Waals surface area contributed by atoms with Crippen LogP contribution in [0.15, 0.2) is 60.7 Å². The van der Waals surface area contributed by atoms with Gasteiger partial charge < -0.3 is 4.90 Å². The minimum Gasteiger partial charge on any atom is -0.356 e. The topological polar surface area (TPSA) is 3.24 Å². The summed E-state index contributed by atoms with van der Waals surface area (Å²) in [6, 6.07) is 19.8. The van der Waals surface area contributed by atoms with Crippen LogP contribution in [0.4, 0.5) is 5.69 Å². The van der Waals surface area contributed by atoms with Crippen molar-refractivity contribution < 1.29 is 0 Å². The normalized spacial score (nSPS) is 20.5. The minimum atomic E-state index is 0.0245. The molecule has 0 spiro atoms. The average molecular weight is 277 g/mol. The Morgan fingerprint density at radius 3 is 2.19 bits per heavy atom. The summed E-state index contributed by atoms with van der Waals surface area (Å²) < 4.78 is 0. The molecule has 0 aromatic heterocycles. The molecule has 1 heterocycles. The zero-order valence-electron chi connectivity index (χ0n) is 13.3. The molecule has 1 heteroatoms. The monoisotopic (exact) mass is 277 g/mol. The van der Waals surface area contributed by atoms with Crippen LogP contribution in [0.3, 0.4) is 0 Å². The van der Waals surface area contributed by atoms with Gasteiger partial charge in [0.05, 0.1) is 11.6 Å². The summed E-state index contributed by atoms with van der Waals surface area (Å²) in [5.41, 5.74) is 5.44. The Hall–Kier alpha value is -2.02. The van der Waals surface area contributed by atoms with Crippen LogP contribution in [0.25, 0.3) is 5.57 Å². The SMILES string of the molecule is Cc1ccccc1N1[C@@H](C)C(c2ccccc2)=CC1(C)C. The maximum absolute atomic E-state index is 2.53. The molecule has 0 aliphatic carbocycles. The summed E-state index contributed by atoms with van der Waals surface area (Å²) in [4.78, 5) is 2.53. The van der Waals surface area contributed by atoms with Crippen LogP contribution in [-0.2, 0) is 0 Å². The largest absolute Gasteiger partial charge is 0.356 e. The predicted octanol–water partition coefficient (Wildman–Crippen LogP) is 5.07. The minimum absolute atomic E-state index is 0.0245. The standard InChI is InChI=1S/C20H23N/c1-15-10-8-9-13-19(15)21-16(2)18(14-20(21,3)4)17-11-6-5-7-12-17/h5-14,16H,1-4H3/t16-/m0/s1. The van der Waals surface area contributed by atoms with Crippen molar-refractivity contribution in [2.45, 2.75) is 39.3 Å². The summed E-state index contributed by atoms with van der Waals surface area (Å²) in [7, 11) is 0. The second kappa shape index (κ2) is 5.07. The van der Waals surface area contributed by atoms with E-state index < -0.39 is 0 Å². The smallest absolute Gasteiger partial charge is 0.0541 e. The fraction of sp³-hybridized carbons (Fsp3) is 0.300. The van der Waals surface area contributed by atoms with Gasteiger partial charge in [-0.3, -0.25) is 0 Å². The van der Waals surface area contributed by atoms with E-state index in [1.54, 1.807) is 0 Å². The summed E-state index contributed by atoms with van der Waals surface area (Å²) in [5.74, 6) is 0. The van der Waals surface area contributed by atoms with Crippen molar-refractivity contribution in [3.63, 3.8) is 0 Å². The summed E-state index contributed by atoms with van der Waals surface area (Å²) in [6.07, 6.45) is 2.42. The van der Waals surface area contributed by atoms with Crippen molar-refractivity contribution in [1.82, 2.24) is 0 Å². The molecule has 2 aromatic carbocycles. The number of hydrogen-bond donors (Lipinski definition) is 0. The van der Waals surface area contributed by atoms with Crippen molar-refractivity contribution in [3.8, 4) is 0 Å². The Labute approximate surface area is 127 Å². The lowest BCUT2D eigenvalue weighted by Crippen LogP contribution is -2.43. The highest BCUT2D eigenvalue weighted by atomic mass is 15.2. The summed E-state index contributed by atoms with van der Waals surface area (Å²) in [5, 5.41) is 0. The molecule has 21 heavy (non-hydrogen) atoms. The second-order valence-electron chi connectivity index (χ2n) is 6.45. The van der Waals surface area contributed by atoms with E-state index in [4.69, 9.17) is 0 Å². The molecule has 0 N–H and O–H groups in total. The van der Waals surface area contributed by atoms with Gasteiger partial charge in [-0.15, -0.1) is 0 Å². The van der Waals surface area contributed by atoms with E-state index in [9.17, 15) is 0 Å². The van der Waals surface area contributed by atoms with Crippen LogP contribution in [0, 0.1) is 6.92 Å². The molecular formula is C20H23N. The van der Waals surface area contributed by atoms with Gasteiger partial charge in [-0.1, -0.05) is 54.6 Å². The number of anilines is 1. The van der Waals surface area contributed by atoms with Gasteiger partial charge in [-0.25, -0.2) is 0 Å². The van der Waals surface area contributed by atoms with Crippen LogP contribution in [0.1, 0.15) is 31.9 Å². The van der Waals surface area contributed by atoms with Gasteiger partial charge in [0.2, 0.25) is 0 Å². The van der Waals surface area contributed by atoms with E-state index >= 15 is 0 Å². The number of nitrogens with zero attached hydrogens (tertiary/aromatic N) is 1. The van der Waals surface area contributed by atoms with E-state index in [0.717, 1.165) is 0 Å². The molecule has 1 aliphatic rings. The maximum atomic E-state index is 2.53. The van der Waals surface area contributed by atoms with Gasteiger partial charge in [0.15, 0.2) is 0 Å². The van der Waals surface area contributed by atoms with Gasteiger partial charge in [0.1, 0.15) is 0 Å². The number of aryl methyl sites for hydroxylation is 1. The van der Waals surface area contributed by atoms with E-state index in [1.807, 2.05) is 0 Å². The Morgan fingerprint density at radius 2 is 1.52 bits per heavy atom. The molecule has 0 unspecified atom stereocenters. The first kappa shape index (κ1) is 13.9. The van der Waals surface area contributed by atoms with Crippen molar-refractivity contribution in [2.75, 3.05) is 4.90 Å². The first-order chi connectivity index (χ1) is 10.0. The van der Waals surface area contributed by atoms with Crippen LogP contribution >= 0.6 is 0 Å². The molecule has 1 atom stereocenters. The molecule has 0 bridgehead atoms. The highest BCUT2D eigenvalue weighted by Crippen LogP contribution is 2.41. The third kappa shape index (κ3) is 2.37. The van der Waals surface area contributed by atoms with E-state index in [1.165, 1.54) is 22.4 Å². The molecule has 0 fully saturated rings. The van der Waals surface area contributed by atoms with Crippen molar-refractivity contribution in [2.24, 2.45) is 0 Å². The highest BCUT2D eigenvalue weighted by Gasteiger charge is 2.38. The van der Waals surface area contributed by atoms with Crippen LogP contribution < -0.4 is 4.90 Å². The molecule has 0 amide bonds. The predicted molar refractivity (Wildman–Crippen MR) is 91.6 cm³/mol. The van der Waals surface area contributed by atoms with Crippen LogP contribution in [-0.4, -0.2) is 11.6 Å². The van der Waals surface area contributed by atoms with Gasteiger partial charge in [0.25, 0.3) is 0 Å². The van der Waals surface area contributed by atoms with Crippen LogP contribution in [0.2, 0.25) is 0 Å². The molecule has 0 radical (unpaired) electrons. The number of rotatable bonds is 2. The summed E-state index contributed by atoms with van der Waals surface area (Å²) >= 11 is 0. The van der Waals surface area contributed by atoms with E-state index in [2.05, 4.69) is 93.3 Å². The number of hydrogen-bond acceptors (Lipinski definition) is 1. The number of benzene rings is 2. The Bertz CT molecular complexity index is 667. The molecule has 1 aliphatic heterocycles. The molecular weight excluding hydrogens is 254 g/mol. The number of para-hydroxylation sites is 1. The Balaban J connectivity index is 2.05. The molecule has 3 rings (SSSR count). The first-order valence-corrected chi connectivity index (χ1v) is 7.64. The lowest BCUT2D eigenvalue weighted by Gasteiger charge is -2.38. The zero-order valence-corrected chi connectivity index (χ0v) is 13.3. The fourth-order valence-electron chi connectivity index (χ4n) is 3.52. The highest BCUT2D eigenvalue weighted by molar-refractivity contribution is 5.80. The quantitative estimate of drug-likeness (QED) is 0.741. The third-order valence-corrected chi connectivity index (χ3v) is 4.45. The Kier molecular flexibility index (Phi) is 3.36.